The third kappa shape index (κ3) is 6.93. The number of aliphatic hydroxyl groups excluding tert-OH is 1. The van der Waals surface area contributed by atoms with Gasteiger partial charge >= 0.3 is 0 Å². The fourth-order valence-corrected chi connectivity index (χ4v) is 6.82. The lowest BCUT2D eigenvalue weighted by Crippen LogP contribution is -2.49. The van der Waals surface area contributed by atoms with Crippen LogP contribution in [-0.4, -0.2) is 89.7 Å². The van der Waals surface area contributed by atoms with Crippen LogP contribution in [0.5, 0.6) is 0 Å². The Bertz CT molecular complexity index is 1160. The van der Waals surface area contributed by atoms with E-state index in [2.05, 4.69) is 0 Å². The number of benzene rings is 2. The second kappa shape index (κ2) is 13.8. The molecule has 0 bridgehead atoms. The van der Waals surface area contributed by atoms with Crippen molar-refractivity contribution in [1.82, 2.24) is 14.7 Å². The second-order valence-corrected chi connectivity index (χ2v) is 11.8. The van der Waals surface area contributed by atoms with Crippen LogP contribution in [0.25, 0.3) is 11.1 Å². The van der Waals surface area contributed by atoms with Gasteiger partial charge in [0.25, 0.3) is 5.91 Å². The molecule has 1 atom stereocenters. The van der Waals surface area contributed by atoms with E-state index in [9.17, 15) is 19.1 Å². The number of aliphatic hydroxyl groups is 1. The molecular formula is C30H37Cl3FN3O3. The first kappa shape index (κ1) is 31.0. The Labute approximate surface area is 251 Å². The Balaban J connectivity index is 0.00000370. The van der Waals surface area contributed by atoms with Gasteiger partial charge in [0, 0.05) is 66.8 Å². The molecule has 1 unspecified atom stereocenters. The van der Waals surface area contributed by atoms with Gasteiger partial charge < -0.3 is 14.9 Å². The monoisotopic (exact) mass is 611 g/mol. The fourth-order valence-electron chi connectivity index (χ4n) is 6.18. The van der Waals surface area contributed by atoms with Gasteiger partial charge in [-0.15, -0.1) is 12.4 Å². The number of likely N-dealkylation sites (tertiary alicyclic amines) is 1. The average Bonchev–Trinajstić information content (AvgIpc) is 3.31. The van der Waals surface area contributed by atoms with Gasteiger partial charge in [-0.2, -0.15) is 0 Å². The molecule has 1 saturated carbocycles. The van der Waals surface area contributed by atoms with Crippen molar-refractivity contribution in [3.05, 3.63) is 57.6 Å². The van der Waals surface area contributed by atoms with Crippen LogP contribution in [0.2, 0.25) is 10.0 Å². The van der Waals surface area contributed by atoms with E-state index in [-0.39, 0.29) is 49.0 Å². The van der Waals surface area contributed by atoms with Crippen molar-refractivity contribution in [2.45, 2.75) is 50.7 Å². The van der Waals surface area contributed by atoms with Crippen LogP contribution in [-0.2, 0) is 11.2 Å². The van der Waals surface area contributed by atoms with Crippen molar-refractivity contribution in [2.24, 2.45) is 5.92 Å². The first-order chi connectivity index (χ1) is 18.8. The first-order valence-corrected chi connectivity index (χ1v) is 14.7. The molecule has 0 radical (unpaired) electrons. The summed E-state index contributed by atoms with van der Waals surface area (Å²) in [5.74, 6) is 0.00561. The minimum absolute atomic E-state index is 0. The van der Waals surface area contributed by atoms with E-state index in [0.717, 1.165) is 55.3 Å². The molecule has 3 aliphatic rings. The number of amides is 2. The fraction of sp³-hybridized carbons (Fsp3) is 0.533. The Morgan fingerprint density at radius 1 is 0.900 bits per heavy atom. The molecule has 10 heteroatoms. The zero-order valence-electron chi connectivity index (χ0n) is 22.5. The number of piperazine rings is 1. The topological polar surface area (TPSA) is 64.1 Å². The summed E-state index contributed by atoms with van der Waals surface area (Å²) in [5.41, 5.74) is 3.16. The van der Waals surface area contributed by atoms with Crippen LogP contribution in [0.15, 0.2) is 36.4 Å². The molecule has 1 aliphatic carbocycles. The van der Waals surface area contributed by atoms with Crippen molar-refractivity contribution < 1.29 is 19.1 Å². The van der Waals surface area contributed by atoms with E-state index < -0.39 is 0 Å². The van der Waals surface area contributed by atoms with E-state index in [1.54, 1.807) is 0 Å². The summed E-state index contributed by atoms with van der Waals surface area (Å²) in [6, 6.07) is 11.4. The number of halogens is 4. The maximum Gasteiger partial charge on any atom is 0.253 e. The van der Waals surface area contributed by atoms with E-state index >= 15 is 0 Å². The van der Waals surface area contributed by atoms with Gasteiger partial charge in [0.1, 0.15) is 6.67 Å². The number of carbonyl (C=O) groups is 2. The summed E-state index contributed by atoms with van der Waals surface area (Å²) in [6.07, 6.45) is 4.28. The number of hydrogen-bond acceptors (Lipinski definition) is 4. The predicted octanol–water partition coefficient (Wildman–Crippen LogP) is 5.50. The van der Waals surface area contributed by atoms with Crippen LogP contribution >= 0.6 is 35.6 Å². The molecule has 3 fully saturated rings. The molecule has 2 aromatic rings. The summed E-state index contributed by atoms with van der Waals surface area (Å²) in [4.78, 5) is 32.0. The zero-order valence-corrected chi connectivity index (χ0v) is 24.9. The third-order valence-electron chi connectivity index (χ3n) is 8.57. The second-order valence-electron chi connectivity index (χ2n) is 11.0. The summed E-state index contributed by atoms with van der Waals surface area (Å²) >= 11 is 13.4. The summed E-state index contributed by atoms with van der Waals surface area (Å²) < 4.78 is 12.6. The number of rotatable bonds is 7. The number of nitrogens with zero attached hydrogens (tertiary/aromatic N) is 3. The Hall–Kier alpha value is -1.90. The molecule has 2 amide bonds. The molecule has 218 valence electrons. The highest BCUT2D eigenvalue weighted by atomic mass is 35.5. The number of hydrogen-bond donors (Lipinski definition) is 1. The molecule has 6 nitrogen and oxygen atoms in total. The highest BCUT2D eigenvalue weighted by Gasteiger charge is 2.37. The molecule has 1 N–H and O–H groups in total. The Morgan fingerprint density at radius 3 is 2.12 bits per heavy atom. The molecular weight excluding hydrogens is 576 g/mol. The molecule has 0 spiro atoms. The number of carbonyl (C=O) groups excluding carboxylic acids is 2. The van der Waals surface area contributed by atoms with Crippen molar-refractivity contribution in [1.29, 1.82) is 0 Å². The molecule has 0 aromatic heterocycles. The Kier molecular flexibility index (Phi) is 10.7. The molecule has 2 aromatic carbocycles. The molecule has 5 rings (SSSR count). The van der Waals surface area contributed by atoms with Crippen LogP contribution < -0.4 is 0 Å². The van der Waals surface area contributed by atoms with E-state index in [1.165, 1.54) is 0 Å². The van der Waals surface area contributed by atoms with E-state index in [0.29, 0.717) is 54.8 Å². The van der Waals surface area contributed by atoms with Gasteiger partial charge in [-0.05, 0) is 79.5 Å². The van der Waals surface area contributed by atoms with Gasteiger partial charge in [-0.3, -0.25) is 14.5 Å². The largest absolute Gasteiger partial charge is 0.393 e. The van der Waals surface area contributed by atoms with Crippen LogP contribution in [0.4, 0.5) is 4.39 Å². The van der Waals surface area contributed by atoms with Gasteiger partial charge in [-0.1, -0.05) is 35.3 Å². The van der Waals surface area contributed by atoms with E-state index in [1.807, 2.05) is 51.1 Å². The van der Waals surface area contributed by atoms with Crippen molar-refractivity contribution in [2.75, 3.05) is 45.9 Å². The lowest BCUT2D eigenvalue weighted by molar-refractivity contribution is -0.133. The standard InChI is InChI=1S/C30H36Cl2FN3O3.ClH/c31-27-18-23(20-1-3-21(4-2-20)29(38)35-15-13-34(12-10-33)14-16-35)19-28(32)26(27)17-22-9-11-36(30(22)39)24-5-7-25(37)8-6-24;/h1-4,18-19,22,24-25,37H,5-17H2;1H/t22?,24-,25+;. The van der Waals surface area contributed by atoms with E-state index in [4.69, 9.17) is 23.2 Å². The van der Waals surface area contributed by atoms with Gasteiger partial charge in [-0.25, -0.2) is 4.39 Å². The van der Waals surface area contributed by atoms with Crippen molar-refractivity contribution >= 4 is 47.4 Å². The summed E-state index contributed by atoms with van der Waals surface area (Å²) in [7, 11) is 0. The van der Waals surface area contributed by atoms with Crippen LogP contribution in [0, 0.1) is 5.92 Å². The summed E-state index contributed by atoms with van der Waals surface area (Å²) in [5, 5.41) is 10.9. The minimum Gasteiger partial charge on any atom is -0.393 e. The lowest BCUT2D eigenvalue weighted by atomic mass is 9.92. The van der Waals surface area contributed by atoms with Crippen LogP contribution in [0.1, 0.15) is 48.0 Å². The highest BCUT2D eigenvalue weighted by Crippen LogP contribution is 2.36. The van der Waals surface area contributed by atoms with Gasteiger partial charge in [0.15, 0.2) is 0 Å². The maximum absolute atomic E-state index is 13.2. The summed E-state index contributed by atoms with van der Waals surface area (Å²) in [6.45, 7) is 3.36. The maximum atomic E-state index is 13.2. The smallest absolute Gasteiger partial charge is 0.253 e. The van der Waals surface area contributed by atoms with Crippen molar-refractivity contribution in [3.8, 4) is 11.1 Å². The molecule has 2 aliphatic heterocycles. The quantitative estimate of drug-likeness (QED) is 0.448. The number of alkyl halides is 1. The Morgan fingerprint density at radius 2 is 1.52 bits per heavy atom. The third-order valence-corrected chi connectivity index (χ3v) is 9.25. The predicted molar refractivity (Wildman–Crippen MR) is 159 cm³/mol. The van der Waals surface area contributed by atoms with Gasteiger partial charge in [0.2, 0.25) is 5.91 Å². The molecule has 40 heavy (non-hydrogen) atoms. The minimum atomic E-state index is -0.366. The van der Waals surface area contributed by atoms with Crippen molar-refractivity contribution in [3.63, 3.8) is 0 Å². The molecule has 2 heterocycles. The average molecular weight is 613 g/mol. The highest BCUT2D eigenvalue weighted by molar-refractivity contribution is 6.36. The normalized spacial score (nSPS) is 23.8. The van der Waals surface area contributed by atoms with Crippen LogP contribution in [0.3, 0.4) is 0 Å². The van der Waals surface area contributed by atoms with Gasteiger partial charge in [0.05, 0.1) is 6.10 Å². The lowest BCUT2D eigenvalue weighted by Gasteiger charge is -2.34. The molecule has 2 saturated heterocycles. The SMILES string of the molecule is Cl.O=C(c1ccc(-c2cc(Cl)c(CC3CCN([C@H]4CC[C@@H](O)CC4)C3=O)c(Cl)c2)cc1)N1CCN(CCF)CC1. The zero-order chi connectivity index (χ0) is 27.5. The first-order valence-electron chi connectivity index (χ1n) is 14.0.